The van der Waals surface area contributed by atoms with E-state index < -0.39 is 0 Å². The smallest absolute Gasteiger partial charge is 0.237 e. The van der Waals surface area contributed by atoms with E-state index in [-0.39, 0.29) is 10.8 Å². The van der Waals surface area contributed by atoms with Crippen molar-refractivity contribution in [3.8, 4) is 23.0 Å². The predicted octanol–water partition coefficient (Wildman–Crippen LogP) is 8.20. The number of benzene rings is 4. The highest BCUT2D eigenvalue weighted by Gasteiger charge is 2.39. The van der Waals surface area contributed by atoms with Crippen LogP contribution in [0.2, 0.25) is 0 Å². The predicted molar refractivity (Wildman–Crippen MR) is 152 cm³/mol. The number of ether oxygens (including phenoxy) is 2. The van der Waals surface area contributed by atoms with Crippen LogP contribution >= 0.6 is 0 Å². The molecule has 0 bridgehead atoms. The van der Waals surface area contributed by atoms with E-state index in [0.717, 1.165) is 56.6 Å². The second kappa shape index (κ2) is 8.40. The largest absolute Gasteiger partial charge is 0.455 e. The Bertz CT molecular complexity index is 1620. The van der Waals surface area contributed by atoms with Crippen molar-refractivity contribution < 1.29 is 9.47 Å². The van der Waals surface area contributed by atoms with E-state index in [1.165, 1.54) is 12.7 Å². The number of nitrogens with zero attached hydrogens (tertiary/aromatic N) is 4. The van der Waals surface area contributed by atoms with Crippen molar-refractivity contribution in [2.45, 2.75) is 38.5 Å². The summed E-state index contributed by atoms with van der Waals surface area (Å²) in [6.45, 7) is 8.93. The van der Waals surface area contributed by atoms with Gasteiger partial charge in [0.1, 0.15) is 24.2 Å². The third kappa shape index (κ3) is 3.44. The first kappa shape index (κ1) is 23.4. The minimum Gasteiger partial charge on any atom is -0.455 e. The molecule has 5 aromatic rings. The zero-order valence-corrected chi connectivity index (χ0v) is 22.3. The van der Waals surface area contributed by atoms with Crippen LogP contribution in [0.1, 0.15) is 49.9 Å². The van der Waals surface area contributed by atoms with Crippen molar-refractivity contribution in [2.24, 2.45) is 0 Å². The highest BCUT2D eigenvalue weighted by Crippen LogP contribution is 2.56. The van der Waals surface area contributed by atoms with Crippen molar-refractivity contribution in [1.29, 1.82) is 0 Å². The molecule has 0 saturated heterocycles. The maximum absolute atomic E-state index is 6.66. The molecule has 2 aliphatic rings. The zero-order valence-electron chi connectivity index (χ0n) is 22.3. The third-order valence-corrected chi connectivity index (χ3v) is 8.04. The van der Waals surface area contributed by atoms with Crippen molar-refractivity contribution in [2.75, 3.05) is 4.90 Å². The monoisotopic (exact) mass is 512 g/mol. The minimum atomic E-state index is -0.265. The SMILES string of the molecule is CC1(C)c2ccccc2Oc2c(N(c3ncncn3)c3cccc4c3Oc3ccccc3C4(C)C)cccc21. The second-order valence-corrected chi connectivity index (χ2v) is 11.0. The third-order valence-electron chi connectivity index (χ3n) is 8.04. The fraction of sp³-hybridized carbons (Fsp3) is 0.182. The van der Waals surface area contributed by atoms with Gasteiger partial charge in [-0.05, 0) is 24.3 Å². The summed E-state index contributed by atoms with van der Waals surface area (Å²) in [5.74, 6) is 3.72. The van der Waals surface area contributed by atoms with E-state index in [0.29, 0.717) is 5.95 Å². The fourth-order valence-electron chi connectivity index (χ4n) is 5.95. The number of hydrogen-bond donors (Lipinski definition) is 0. The van der Waals surface area contributed by atoms with Gasteiger partial charge < -0.3 is 9.47 Å². The topological polar surface area (TPSA) is 60.4 Å². The lowest BCUT2D eigenvalue weighted by molar-refractivity contribution is 0.416. The maximum atomic E-state index is 6.66. The Balaban J connectivity index is 1.48. The molecule has 0 fully saturated rings. The van der Waals surface area contributed by atoms with Gasteiger partial charge in [-0.15, -0.1) is 0 Å². The minimum absolute atomic E-state index is 0.265. The average molecular weight is 513 g/mol. The second-order valence-electron chi connectivity index (χ2n) is 11.0. The van der Waals surface area contributed by atoms with Crippen LogP contribution in [0.15, 0.2) is 97.6 Å². The Labute approximate surface area is 227 Å². The first-order valence-electron chi connectivity index (χ1n) is 13.1. The molecule has 0 saturated carbocycles. The summed E-state index contributed by atoms with van der Waals surface area (Å²) in [4.78, 5) is 15.3. The Kier molecular flexibility index (Phi) is 5.04. The maximum Gasteiger partial charge on any atom is 0.237 e. The molecule has 39 heavy (non-hydrogen) atoms. The van der Waals surface area contributed by atoms with E-state index in [9.17, 15) is 0 Å². The lowest BCUT2D eigenvalue weighted by Gasteiger charge is -2.39. The van der Waals surface area contributed by atoms with Gasteiger partial charge in [0.2, 0.25) is 5.95 Å². The molecule has 192 valence electrons. The standard InChI is InChI=1S/C33H28N4O2/c1-32(2)21-11-5-7-17-27(21)38-29-23(32)13-9-15-25(29)37(31-35-19-34-20-36-31)26-16-10-14-24-30(26)39-28-18-8-6-12-22(28)33(24,3)4/h5-20H,1-4H3. The van der Waals surface area contributed by atoms with Gasteiger partial charge in [0, 0.05) is 33.1 Å². The van der Waals surface area contributed by atoms with Crippen LogP contribution in [0, 0.1) is 0 Å². The van der Waals surface area contributed by atoms with Crippen LogP contribution in [-0.4, -0.2) is 15.0 Å². The summed E-state index contributed by atoms with van der Waals surface area (Å²) in [5.41, 5.74) is 5.62. The molecule has 2 aliphatic heterocycles. The first-order chi connectivity index (χ1) is 18.9. The van der Waals surface area contributed by atoms with Crippen LogP contribution in [-0.2, 0) is 10.8 Å². The Morgan fingerprint density at radius 1 is 0.538 bits per heavy atom. The summed E-state index contributed by atoms with van der Waals surface area (Å²) in [6.07, 6.45) is 3.03. The Morgan fingerprint density at radius 2 is 0.974 bits per heavy atom. The van der Waals surface area contributed by atoms with Gasteiger partial charge in [0.25, 0.3) is 0 Å². The zero-order chi connectivity index (χ0) is 26.8. The van der Waals surface area contributed by atoms with Crippen LogP contribution in [0.4, 0.5) is 17.3 Å². The van der Waals surface area contributed by atoms with Crippen molar-refractivity contribution >= 4 is 17.3 Å². The fourth-order valence-corrected chi connectivity index (χ4v) is 5.95. The summed E-state index contributed by atoms with van der Waals surface area (Å²) in [5, 5.41) is 0. The summed E-state index contributed by atoms with van der Waals surface area (Å²) in [6, 6.07) is 29.0. The van der Waals surface area contributed by atoms with Crippen molar-refractivity contribution in [3.05, 3.63) is 120 Å². The highest BCUT2D eigenvalue weighted by molar-refractivity contribution is 5.84. The van der Waals surface area contributed by atoms with Crippen LogP contribution in [0.25, 0.3) is 0 Å². The quantitative estimate of drug-likeness (QED) is 0.243. The molecule has 0 radical (unpaired) electrons. The van der Waals surface area contributed by atoms with Gasteiger partial charge in [-0.2, -0.15) is 0 Å². The van der Waals surface area contributed by atoms with Crippen LogP contribution in [0.5, 0.6) is 23.0 Å². The number of hydrogen-bond acceptors (Lipinski definition) is 6. The number of rotatable bonds is 3. The summed E-state index contributed by atoms with van der Waals surface area (Å²) >= 11 is 0. The number of anilines is 3. The van der Waals surface area contributed by atoms with Crippen LogP contribution < -0.4 is 14.4 Å². The summed E-state index contributed by atoms with van der Waals surface area (Å²) < 4.78 is 13.3. The van der Waals surface area contributed by atoms with E-state index in [2.05, 4.69) is 91.2 Å². The van der Waals surface area contributed by atoms with E-state index in [1.807, 2.05) is 41.3 Å². The van der Waals surface area contributed by atoms with E-state index in [1.54, 1.807) is 0 Å². The van der Waals surface area contributed by atoms with Gasteiger partial charge in [0.05, 0.1) is 11.4 Å². The first-order valence-corrected chi connectivity index (χ1v) is 13.1. The molecule has 4 aromatic carbocycles. The molecular weight excluding hydrogens is 484 g/mol. The van der Waals surface area contributed by atoms with Gasteiger partial charge in [-0.3, -0.25) is 4.90 Å². The van der Waals surface area contributed by atoms with Gasteiger partial charge >= 0.3 is 0 Å². The normalized spacial score (nSPS) is 15.5. The lowest BCUT2D eigenvalue weighted by atomic mass is 9.75. The summed E-state index contributed by atoms with van der Waals surface area (Å²) in [7, 11) is 0. The Morgan fingerprint density at radius 3 is 1.46 bits per heavy atom. The van der Waals surface area contributed by atoms with Crippen molar-refractivity contribution in [3.63, 3.8) is 0 Å². The average Bonchev–Trinajstić information content (AvgIpc) is 2.95. The molecule has 0 unspecified atom stereocenters. The molecule has 0 spiro atoms. The molecule has 6 heteroatoms. The molecule has 6 nitrogen and oxygen atoms in total. The number of para-hydroxylation sites is 4. The van der Waals surface area contributed by atoms with Crippen molar-refractivity contribution in [1.82, 2.24) is 15.0 Å². The molecule has 0 atom stereocenters. The molecule has 1 aromatic heterocycles. The van der Waals surface area contributed by atoms with E-state index in [4.69, 9.17) is 9.47 Å². The molecule has 3 heterocycles. The molecular formula is C33H28N4O2. The number of aromatic nitrogens is 3. The van der Waals surface area contributed by atoms with Crippen LogP contribution in [0.3, 0.4) is 0 Å². The van der Waals surface area contributed by atoms with Gasteiger partial charge in [0.15, 0.2) is 11.5 Å². The molecule has 0 amide bonds. The molecule has 0 N–H and O–H groups in total. The lowest BCUT2D eigenvalue weighted by Crippen LogP contribution is -2.27. The highest BCUT2D eigenvalue weighted by atomic mass is 16.5. The number of fused-ring (bicyclic) bond motifs is 4. The Hall–Kier alpha value is -4.71. The molecule has 0 aliphatic carbocycles. The van der Waals surface area contributed by atoms with E-state index >= 15 is 0 Å². The molecule has 7 rings (SSSR count). The van der Waals surface area contributed by atoms with Gasteiger partial charge in [-0.1, -0.05) is 88.4 Å². The van der Waals surface area contributed by atoms with Gasteiger partial charge in [-0.25, -0.2) is 15.0 Å².